The van der Waals surface area contributed by atoms with E-state index in [0.29, 0.717) is 5.69 Å². The molecule has 7 heteroatoms. The summed E-state index contributed by atoms with van der Waals surface area (Å²) in [6.07, 6.45) is -4.45. The molecule has 0 saturated heterocycles. The Labute approximate surface area is 117 Å². The Hall–Kier alpha value is -1.54. The molecular weight excluding hydrogens is 264 g/mol. The summed E-state index contributed by atoms with van der Waals surface area (Å²) in [5.74, 6) is 0. The van der Waals surface area contributed by atoms with Gasteiger partial charge >= 0.3 is 0 Å². The fourth-order valence-corrected chi connectivity index (χ4v) is 1.72. The van der Waals surface area contributed by atoms with Crippen molar-refractivity contribution in [2.24, 2.45) is 5.29 Å². The Morgan fingerprint density at radius 2 is 1.80 bits per heavy atom. The zero-order valence-corrected chi connectivity index (χ0v) is 11.5. The highest BCUT2D eigenvalue weighted by atomic mass is 16.4. The fourth-order valence-electron chi connectivity index (χ4n) is 1.72. The Balaban J connectivity index is 2.81. The molecule has 0 bridgehead atoms. The summed E-state index contributed by atoms with van der Waals surface area (Å²) in [5, 5.41) is 41.0. The molecule has 1 rings (SSSR count). The van der Waals surface area contributed by atoms with Gasteiger partial charge in [-0.3, -0.25) is 0 Å². The van der Waals surface area contributed by atoms with Crippen LogP contribution in [0.15, 0.2) is 23.5 Å². The van der Waals surface area contributed by atoms with Crippen molar-refractivity contribution in [3.05, 3.63) is 34.2 Å². The Bertz CT molecular complexity index is 454. The van der Waals surface area contributed by atoms with Gasteiger partial charge in [0.15, 0.2) is 0 Å². The lowest BCUT2D eigenvalue weighted by Crippen LogP contribution is -2.44. The third-order valence-electron chi connectivity index (χ3n) is 3.22. The Kier molecular flexibility index (Phi) is 6.03. The molecule has 0 unspecified atom stereocenters. The largest absolute Gasteiger partial charge is 0.394 e. The minimum Gasteiger partial charge on any atom is -0.394 e. The second kappa shape index (κ2) is 7.30. The van der Waals surface area contributed by atoms with Crippen LogP contribution in [0, 0.1) is 18.8 Å². The summed E-state index contributed by atoms with van der Waals surface area (Å²) < 4.78 is 0. The van der Waals surface area contributed by atoms with Gasteiger partial charge in [-0.2, -0.15) is 0 Å². The van der Waals surface area contributed by atoms with E-state index in [1.165, 1.54) is 0 Å². The average Bonchev–Trinajstić information content (AvgIpc) is 2.45. The van der Waals surface area contributed by atoms with Crippen LogP contribution in [0.5, 0.6) is 0 Å². The first-order chi connectivity index (χ1) is 9.40. The number of nitrogens with zero attached hydrogens (tertiary/aromatic N) is 2. The molecule has 0 aliphatic heterocycles. The van der Waals surface area contributed by atoms with Crippen LogP contribution in [0.2, 0.25) is 0 Å². The second-order valence-corrected chi connectivity index (χ2v) is 4.74. The van der Waals surface area contributed by atoms with Crippen LogP contribution in [0.3, 0.4) is 0 Å². The number of aryl methyl sites for hydroxylation is 2. The minimum atomic E-state index is -1.56. The van der Waals surface area contributed by atoms with Gasteiger partial charge in [-0.1, -0.05) is 6.07 Å². The zero-order chi connectivity index (χ0) is 15.3. The van der Waals surface area contributed by atoms with Gasteiger partial charge in [0.2, 0.25) is 0 Å². The zero-order valence-electron chi connectivity index (χ0n) is 11.5. The van der Waals surface area contributed by atoms with E-state index in [1.807, 2.05) is 19.9 Å². The molecule has 3 atom stereocenters. The maximum Gasteiger partial charge on any atom is 0.110 e. The molecule has 0 aromatic heterocycles. The Morgan fingerprint density at radius 3 is 2.30 bits per heavy atom. The summed E-state index contributed by atoms with van der Waals surface area (Å²) in [6.45, 7) is 2.83. The van der Waals surface area contributed by atoms with E-state index < -0.39 is 24.9 Å². The summed E-state index contributed by atoms with van der Waals surface area (Å²) >= 11 is 0. The molecule has 0 aliphatic rings. The molecule has 0 saturated carbocycles. The second-order valence-electron chi connectivity index (χ2n) is 4.74. The molecule has 1 aromatic rings. The monoisotopic (exact) mass is 284 g/mol. The maximum absolute atomic E-state index is 10.9. The van der Waals surface area contributed by atoms with Crippen LogP contribution >= 0.6 is 0 Å². The van der Waals surface area contributed by atoms with Crippen LogP contribution in [-0.2, 0) is 0 Å². The lowest BCUT2D eigenvalue weighted by atomic mass is 10.1. The molecule has 0 amide bonds. The van der Waals surface area contributed by atoms with Crippen molar-refractivity contribution in [3.63, 3.8) is 0 Å². The Morgan fingerprint density at radius 1 is 1.15 bits per heavy atom. The lowest BCUT2D eigenvalue weighted by Gasteiger charge is -2.25. The molecule has 0 aliphatic carbocycles. The maximum atomic E-state index is 10.9. The van der Waals surface area contributed by atoms with Crippen LogP contribution in [0.1, 0.15) is 11.1 Å². The summed E-state index contributed by atoms with van der Waals surface area (Å²) in [7, 11) is 0. The van der Waals surface area contributed by atoms with Gasteiger partial charge in [0.05, 0.1) is 24.1 Å². The van der Waals surface area contributed by atoms with Crippen molar-refractivity contribution < 1.29 is 20.4 Å². The number of benzene rings is 1. The van der Waals surface area contributed by atoms with E-state index in [4.69, 9.17) is 5.11 Å². The van der Waals surface area contributed by atoms with Crippen molar-refractivity contribution in [2.75, 3.05) is 18.2 Å². The molecule has 20 heavy (non-hydrogen) atoms. The van der Waals surface area contributed by atoms with Gasteiger partial charge in [0.1, 0.15) is 18.3 Å². The molecule has 0 radical (unpaired) electrons. The van der Waals surface area contributed by atoms with E-state index in [1.54, 1.807) is 12.1 Å². The SMILES string of the molecule is Cc1ccc(N(C[C@H](O)[C@@H](O)[C@@H](O)CO)N=O)cc1C. The number of rotatable bonds is 7. The molecule has 0 heterocycles. The highest BCUT2D eigenvalue weighted by Gasteiger charge is 2.26. The smallest absolute Gasteiger partial charge is 0.110 e. The standard InChI is InChI=1S/C13H20N2O5/c1-8-3-4-10(5-9(8)2)15(14-20)6-11(17)13(19)12(18)7-16/h3-5,11-13,16-19H,6-7H2,1-2H3/t11-,12-,13+/m0/s1. The first kappa shape index (κ1) is 16.5. The van der Waals surface area contributed by atoms with Gasteiger partial charge in [-0.25, -0.2) is 5.01 Å². The quantitative estimate of drug-likeness (QED) is 0.409. The van der Waals surface area contributed by atoms with Crippen molar-refractivity contribution in [1.29, 1.82) is 0 Å². The van der Waals surface area contributed by atoms with Crippen LogP contribution in [-0.4, -0.2) is 51.9 Å². The first-order valence-corrected chi connectivity index (χ1v) is 6.23. The molecular formula is C13H20N2O5. The van der Waals surface area contributed by atoms with E-state index in [0.717, 1.165) is 16.1 Å². The van der Waals surface area contributed by atoms with Crippen LogP contribution in [0.4, 0.5) is 5.69 Å². The lowest BCUT2D eigenvalue weighted by molar-refractivity contribution is -0.0731. The van der Waals surface area contributed by atoms with E-state index in [2.05, 4.69) is 5.29 Å². The first-order valence-electron chi connectivity index (χ1n) is 6.23. The average molecular weight is 284 g/mol. The highest BCUT2D eigenvalue weighted by Crippen LogP contribution is 2.20. The van der Waals surface area contributed by atoms with Gasteiger partial charge in [0, 0.05) is 0 Å². The van der Waals surface area contributed by atoms with Gasteiger partial charge in [-0.05, 0) is 37.1 Å². The fraction of sp³-hybridized carbons (Fsp3) is 0.538. The van der Waals surface area contributed by atoms with E-state index in [-0.39, 0.29) is 6.54 Å². The number of hydrogen-bond donors (Lipinski definition) is 4. The molecule has 7 nitrogen and oxygen atoms in total. The minimum absolute atomic E-state index is 0.287. The molecule has 0 spiro atoms. The third-order valence-corrected chi connectivity index (χ3v) is 3.22. The summed E-state index contributed by atoms with van der Waals surface area (Å²) in [6, 6.07) is 5.22. The topological polar surface area (TPSA) is 114 Å². The predicted molar refractivity (Wildman–Crippen MR) is 74.2 cm³/mol. The molecule has 1 aromatic carbocycles. The molecule has 112 valence electrons. The highest BCUT2D eigenvalue weighted by molar-refractivity contribution is 5.50. The number of aliphatic hydroxyl groups is 4. The van der Waals surface area contributed by atoms with Crippen molar-refractivity contribution >= 4 is 5.69 Å². The van der Waals surface area contributed by atoms with E-state index >= 15 is 0 Å². The van der Waals surface area contributed by atoms with Gasteiger partial charge in [0.25, 0.3) is 0 Å². The van der Waals surface area contributed by atoms with Gasteiger partial charge < -0.3 is 20.4 Å². The van der Waals surface area contributed by atoms with Crippen LogP contribution in [0.25, 0.3) is 0 Å². The summed E-state index contributed by atoms with van der Waals surface area (Å²) in [5.41, 5.74) is 2.49. The van der Waals surface area contributed by atoms with Crippen LogP contribution < -0.4 is 5.01 Å². The number of anilines is 1. The van der Waals surface area contributed by atoms with Crippen molar-refractivity contribution in [1.82, 2.24) is 0 Å². The normalized spacial score (nSPS) is 15.5. The number of hydrogen-bond acceptors (Lipinski definition) is 6. The molecule has 0 fully saturated rings. The summed E-state index contributed by atoms with van der Waals surface area (Å²) in [4.78, 5) is 10.9. The third kappa shape index (κ3) is 3.97. The van der Waals surface area contributed by atoms with Crippen molar-refractivity contribution in [2.45, 2.75) is 32.2 Å². The molecule has 4 N–H and O–H groups in total. The predicted octanol–water partition coefficient (Wildman–Crippen LogP) is -0.134. The van der Waals surface area contributed by atoms with Gasteiger partial charge in [-0.15, -0.1) is 4.91 Å². The number of aliphatic hydroxyl groups excluding tert-OH is 4. The van der Waals surface area contributed by atoms with Crippen molar-refractivity contribution in [3.8, 4) is 0 Å². The van der Waals surface area contributed by atoms with E-state index in [9.17, 15) is 20.2 Å². The number of nitroso groups, excluding NO2 is 1.